The van der Waals surface area contributed by atoms with E-state index in [0.717, 1.165) is 0 Å². The summed E-state index contributed by atoms with van der Waals surface area (Å²) < 4.78 is 5.75. The molecule has 0 spiro atoms. The van der Waals surface area contributed by atoms with Crippen molar-refractivity contribution in [3.05, 3.63) is 27.9 Å². The third-order valence-corrected chi connectivity index (χ3v) is 2.78. The van der Waals surface area contributed by atoms with Gasteiger partial charge in [-0.25, -0.2) is 4.79 Å². The Morgan fingerprint density at radius 3 is 2.73 bits per heavy atom. The topological polar surface area (TPSA) is 70.7 Å². The Bertz CT molecular complexity index is 556. The molecule has 0 atom stereocenters. The molecule has 0 aliphatic rings. The van der Waals surface area contributed by atoms with Gasteiger partial charge in [0.15, 0.2) is 0 Å². The van der Waals surface area contributed by atoms with Crippen LogP contribution in [0.4, 0.5) is 0 Å². The number of hydrogen-bond donors (Lipinski definition) is 2. The Morgan fingerprint density at radius 1 is 1.47 bits per heavy atom. The van der Waals surface area contributed by atoms with Gasteiger partial charge in [0, 0.05) is 5.39 Å². The summed E-state index contributed by atoms with van der Waals surface area (Å²) >= 11 is 3.13. The van der Waals surface area contributed by atoms with Crippen molar-refractivity contribution < 1.29 is 19.4 Å². The van der Waals surface area contributed by atoms with Gasteiger partial charge in [0.2, 0.25) is 0 Å². The maximum Gasteiger partial charge on any atom is 0.339 e. The van der Waals surface area contributed by atoms with Crippen LogP contribution in [0.25, 0.3) is 11.0 Å². The molecule has 0 fully saturated rings. The SMILES string of the molecule is Cc1oc2cc(Br)c(O)cc2c1C(=O)O. The molecule has 2 N–H and O–H groups in total. The smallest absolute Gasteiger partial charge is 0.339 e. The van der Waals surface area contributed by atoms with E-state index in [1.54, 1.807) is 13.0 Å². The average Bonchev–Trinajstić information content (AvgIpc) is 2.41. The monoisotopic (exact) mass is 270 g/mol. The molecule has 1 aromatic heterocycles. The van der Waals surface area contributed by atoms with Crippen LogP contribution >= 0.6 is 15.9 Å². The normalized spacial score (nSPS) is 10.8. The number of aromatic hydroxyl groups is 1. The molecule has 0 saturated carbocycles. The van der Waals surface area contributed by atoms with Gasteiger partial charge in [-0.05, 0) is 35.0 Å². The fourth-order valence-corrected chi connectivity index (χ4v) is 1.82. The number of benzene rings is 1. The molecule has 1 aromatic carbocycles. The van der Waals surface area contributed by atoms with E-state index in [1.807, 2.05) is 0 Å². The summed E-state index contributed by atoms with van der Waals surface area (Å²) in [4.78, 5) is 10.9. The number of phenols is 1. The fraction of sp³-hybridized carbons (Fsp3) is 0.100. The van der Waals surface area contributed by atoms with Gasteiger partial charge in [0.1, 0.15) is 22.7 Å². The second kappa shape index (κ2) is 3.27. The van der Waals surface area contributed by atoms with E-state index < -0.39 is 5.97 Å². The number of phenolic OH excluding ortho intramolecular Hbond substituents is 1. The Kier molecular flexibility index (Phi) is 2.19. The number of carboxylic acids is 1. The van der Waals surface area contributed by atoms with Crippen LogP contribution in [-0.2, 0) is 0 Å². The quantitative estimate of drug-likeness (QED) is 0.836. The molecule has 0 radical (unpaired) electrons. The zero-order valence-corrected chi connectivity index (χ0v) is 9.33. The van der Waals surface area contributed by atoms with Crippen LogP contribution in [-0.4, -0.2) is 16.2 Å². The molecule has 5 heteroatoms. The summed E-state index contributed by atoms with van der Waals surface area (Å²) in [6, 6.07) is 2.92. The molecule has 0 aliphatic heterocycles. The third kappa shape index (κ3) is 1.48. The van der Waals surface area contributed by atoms with Crippen LogP contribution < -0.4 is 0 Å². The van der Waals surface area contributed by atoms with E-state index in [9.17, 15) is 9.90 Å². The maximum absolute atomic E-state index is 10.9. The van der Waals surface area contributed by atoms with E-state index in [4.69, 9.17) is 9.52 Å². The zero-order chi connectivity index (χ0) is 11.2. The summed E-state index contributed by atoms with van der Waals surface area (Å²) in [5, 5.41) is 18.8. The molecule has 0 amide bonds. The van der Waals surface area contributed by atoms with Crippen LogP contribution in [0.15, 0.2) is 21.0 Å². The number of fused-ring (bicyclic) bond motifs is 1. The number of rotatable bonds is 1. The molecule has 2 rings (SSSR count). The number of hydrogen-bond acceptors (Lipinski definition) is 3. The molecule has 4 nitrogen and oxygen atoms in total. The highest BCUT2D eigenvalue weighted by atomic mass is 79.9. The van der Waals surface area contributed by atoms with Crippen molar-refractivity contribution in [3.8, 4) is 5.75 Å². The molecule has 2 aromatic rings. The van der Waals surface area contributed by atoms with Crippen molar-refractivity contribution in [1.82, 2.24) is 0 Å². The second-order valence-electron chi connectivity index (χ2n) is 3.14. The van der Waals surface area contributed by atoms with Crippen LogP contribution in [0.2, 0.25) is 0 Å². The predicted molar refractivity (Wildman–Crippen MR) is 57.3 cm³/mol. The minimum absolute atomic E-state index is 0.00852. The average molecular weight is 271 g/mol. The summed E-state index contributed by atoms with van der Waals surface area (Å²) in [5.74, 6) is -0.742. The van der Waals surface area contributed by atoms with Crippen molar-refractivity contribution in [3.63, 3.8) is 0 Å². The van der Waals surface area contributed by atoms with Crippen LogP contribution in [0.1, 0.15) is 16.1 Å². The Morgan fingerprint density at radius 2 is 2.13 bits per heavy atom. The summed E-state index contributed by atoms with van der Waals surface area (Å²) in [6.45, 7) is 1.58. The van der Waals surface area contributed by atoms with E-state index in [2.05, 4.69) is 15.9 Å². The van der Waals surface area contributed by atoms with Crippen LogP contribution in [0.5, 0.6) is 5.75 Å². The van der Waals surface area contributed by atoms with Gasteiger partial charge < -0.3 is 14.6 Å². The summed E-state index contributed by atoms with van der Waals surface area (Å²) in [7, 11) is 0. The minimum Gasteiger partial charge on any atom is -0.507 e. The number of aromatic carboxylic acids is 1. The molecule has 0 unspecified atom stereocenters. The Hall–Kier alpha value is -1.49. The van der Waals surface area contributed by atoms with Gasteiger partial charge in [0.05, 0.1) is 4.47 Å². The number of halogens is 1. The first kappa shape index (κ1) is 10.0. The number of carbonyl (C=O) groups is 1. The minimum atomic E-state index is -1.06. The van der Waals surface area contributed by atoms with Gasteiger partial charge >= 0.3 is 5.97 Å². The summed E-state index contributed by atoms with van der Waals surface area (Å²) in [6.07, 6.45) is 0. The highest BCUT2D eigenvalue weighted by molar-refractivity contribution is 9.10. The van der Waals surface area contributed by atoms with Gasteiger partial charge in [-0.2, -0.15) is 0 Å². The van der Waals surface area contributed by atoms with Crippen molar-refractivity contribution in [2.45, 2.75) is 6.92 Å². The highest BCUT2D eigenvalue weighted by Gasteiger charge is 2.18. The lowest BCUT2D eigenvalue weighted by Crippen LogP contribution is -1.96. The second-order valence-corrected chi connectivity index (χ2v) is 3.99. The fourth-order valence-electron chi connectivity index (χ4n) is 1.49. The standard InChI is InChI=1S/C10H7BrO4/c1-4-9(10(13)14)5-2-7(12)6(11)3-8(5)15-4/h2-3,12H,1H3,(H,13,14). The molecule has 15 heavy (non-hydrogen) atoms. The lowest BCUT2D eigenvalue weighted by Gasteiger charge is -1.96. The number of carboxylic acid groups (broad SMARTS) is 1. The lowest BCUT2D eigenvalue weighted by atomic mass is 10.1. The maximum atomic E-state index is 10.9. The van der Waals surface area contributed by atoms with Crippen molar-refractivity contribution >= 4 is 32.9 Å². The number of aryl methyl sites for hydroxylation is 1. The van der Waals surface area contributed by atoms with E-state index in [-0.39, 0.29) is 11.3 Å². The molecular formula is C10H7BrO4. The van der Waals surface area contributed by atoms with Crippen LogP contribution in [0, 0.1) is 6.92 Å². The Balaban J connectivity index is 2.87. The largest absolute Gasteiger partial charge is 0.507 e. The van der Waals surface area contributed by atoms with Crippen molar-refractivity contribution in [2.75, 3.05) is 0 Å². The van der Waals surface area contributed by atoms with Gasteiger partial charge in [-0.1, -0.05) is 0 Å². The lowest BCUT2D eigenvalue weighted by molar-refractivity contribution is 0.0697. The molecule has 1 heterocycles. The first-order chi connectivity index (χ1) is 7.00. The highest BCUT2D eigenvalue weighted by Crippen LogP contribution is 2.33. The molecule has 78 valence electrons. The van der Waals surface area contributed by atoms with E-state index >= 15 is 0 Å². The summed E-state index contributed by atoms with van der Waals surface area (Å²) in [5.41, 5.74) is 0.530. The molecule has 0 aliphatic carbocycles. The Labute approximate surface area is 93.3 Å². The zero-order valence-electron chi connectivity index (χ0n) is 7.74. The van der Waals surface area contributed by atoms with Crippen molar-refractivity contribution in [2.24, 2.45) is 0 Å². The molecular weight excluding hydrogens is 264 g/mol. The van der Waals surface area contributed by atoms with Gasteiger partial charge in [-0.15, -0.1) is 0 Å². The predicted octanol–water partition coefficient (Wildman–Crippen LogP) is 2.91. The van der Waals surface area contributed by atoms with Crippen LogP contribution in [0.3, 0.4) is 0 Å². The van der Waals surface area contributed by atoms with Gasteiger partial charge in [0.25, 0.3) is 0 Å². The first-order valence-electron chi connectivity index (χ1n) is 4.15. The van der Waals surface area contributed by atoms with Gasteiger partial charge in [-0.3, -0.25) is 0 Å². The molecule has 0 bridgehead atoms. The van der Waals surface area contributed by atoms with Crippen molar-refractivity contribution in [1.29, 1.82) is 0 Å². The molecule has 0 saturated heterocycles. The van der Waals surface area contributed by atoms with E-state index in [0.29, 0.717) is 21.2 Å². The van der Waals surface area contributed by atoms with E-state index in [1.165, 1.54) is 6.07 Å². The third-order valence-electron chi connectivity index (χ3n) is 2.15. The first-order valence-corrected chi connectivity index (χ1v) is 4.95. The number of furan rings is 1.